The number of halogens is 1. The van der Waals surface area contributed by atoms with Crippen molar-refractivity contribution in [2.24, 2.45) is 0 Å². The third-order valence-electron chi connectivity index (χ3n) is 1.95. The number of hydrogen-bond donors (Lipinski definition) is 1. The monoisotopic (exact) mass is 176 g/mol. The molecule has 0 aliphatic carbocycles. The number of aliphatic carboxylic acids is 1. The van der Waals surface area contributed by atoms with Gasteiger partial charge in [-0.25, -0.2) is 9.18 Å². The smallest absolute Gasteiger partial charge is 0.341 e. The molecule has 0 aromatic carbocycles. The van der Waals surface area contributed by atoms with E-state index in [0.717, 1.165) is 26.2 Å². The molecule has 0 aromatic rings. The highest BCUT2D eigenvalue weighted by molar-refractivity contribution is 5.76. The maximum Gasteiger partial charge on any atom is 0.341 e. The molecule has 0 amide bonds. The van der Waals surface area contributed by atoms with Crippen LogP contribution < -0.4 is 0 Å². The Balaban J connectivity index is 3.54. The summed E-state index contributed by atoms with van der Waals surface area (Å²) in [6.07, 6.45) is 3.84. The van der Waals surface area contributed by atoms with Crippen molar-refractivity contribution in [1.82, 2.24) is 0 Å². The summed E-state index contributed by atoms with van der Waals surface area (Å²) in [5.74, 6) is -1.35. The molecule has 1 unspecified atom stereocenters. The molecule has 0 spiro atoms. The van der Waals surface area contributed by atoms with Crippen LogP contribution in [-0.4, -0.2) is 16.7 Å². The Morgan fingerprint density at radius 1 is 1.42 bits per heavy atom. The van der Waals surface area contributed by atoms with Gasteiger partial charge in [-0.3, -0.25) is 0 Å². The molecule has 1 N–H and O–H groups in total. The minimum Gasteiger partial charge on any atom is -0.479 e. The van der Waals surface area contributed by atoms with Gasteiger partial charge in [-0.05, 0) is 19.8 Å². The number of carbonyl (C=O) groups is 1. The van der Waals surface area contributed by atoms with Crippen LogP contribution in [0.3, 0.4) is 0 Å². The van der Waals surface area contributed by atoms with Crippen LogP contribution in [0.2, 0.25) is 0 Å². The molecule has 0 fully saturated rings. The van der Waals surface area contributed by atoms with Gasteiger partial charge in [0.25, 0.3) is 0 Å². The summed E-state index contributed by atoms with van der Waals surface area (Å²) in [5.41, 5.74) is -2.03. The Bertz CT molecular complexity index is 143. The van der Waals surface area contributed by atoms with Gasteiger partial charge in [0.2, 0.25) is 5.67 Å². The minimum atomic E-state index is -2.03. The lowest BCUT2D eigenvalue weighted by atomic mass is 10.0. The van der Waals surface area contributed by atoms with Crippen LogP contribution in [0.25, 0.3) is 0 Å². The number of rotatable bonds is 6. The van der Waals surface area contributed by atoms with Crippen LogP contribution in [-0.2, 0) is 4.79 Å². The molecule has 0 radical (unpaired) electrons. The van der Waals surface area contributed by atoms with Crippen molar-refractivity contribution < 1.29 is 14.3 Å². The molecule has 0 aliphatic heterocycles. The van der Waals surface area contributed by atoms with E-state index in [0.29, 0.717) is 6.42 Å². The van der Waals surface area contributed by atoms with Crippen molar-refractivity contribution >= 4 is 5.97 Å². The summed E-state index contributed by atoms with van der Waals surface area (Å²) in [6.45, 7) is 3.19. The average molecular weight is 176 g/mol. The summed E-state index contributed by atoms with van der Waals surface area (Å²) in [7, 11) is 0. The Kier molecular flexibility index (Phi) is 4.86. The first-order chi connectivity index (χ1) is 5.50. The highest BCUT2D eigenvalue weighted by atomic mass is 19.1. The second kappa shape index (κ2) is 5.12. The average Bonchev–Trinajstić information content (AvgIpc) is 1.98. The van der Waals surface area contributed by atoms with Crippen LogP contribution in [0, 0.1) is 0 Å². The van der Waals surface area contributed by atoms with Gasteiger partial charge in [0.1, 0.15) is 0 Å². The molecular weight excluding hydrogens is 159 g/mol. The van der Waals surface area contributed by atoms with E-state index in [1.54, 1.807) is 0 Å². The van der Waals surface area contributed by atoms with Gasteiger partial charge in [0, 0.05) is 0 Å². The first kappa shape index (κ1) is 11.4. The van der Waals surface area contributed by atoms with Crippen molar-refractivity contribution in [3.63, 3.8) is 0 Å². The molecule has 0 saturated carbocycles. The fourth-order valence-corrected chi connectivity index (χ4v) is 0.991. The molecule has 0 heterocycles. The van der Waals surface area contributed by atoms with Crippen molar-refractivity contribution in [2.75, 3.05) is 0 Å². The molecule has 0 bridgehead atoms. The van der Waals surface area contributed by atoms with Crippen LogP contribution in [0.1, 0.15) is 46.0 Å². The van der Waals surface area contributed by atoms with Gasteiger partial charge in [0.15, 0.2) is 0 Å². The van der Waals surface area contributed by atoms with Gasteiger partial charge in [-0.1, -0.05) is 26.2 Å². The molecule has 72 valence electrons. The predicted octanol–water partition coefficient (Wildman–Crippen LogP) is 2.77. The predicted molar refractivity (Wildman–Crippen MR) is 45.9 cm³/mol. The second-order valence-electron chi connectivity index (χ2n) is 3.31. The molecule has 0 aromatic heterocycles. The maximum atomic E-state index is 13.0. The molecule has 1 atom stereocenters. The molecule has 0 rings (SSSR count). The Morgan fingerprint density at radius 3 is 2.42 bits per heavy atom. The first-order valence-corrected chi connectivity index (χ1v) is 4.43. The Labute approximate surface area is 72.8 Å². The van der Waals surface area contributed by atoms with E-state index in [4.69, 9.17) is 5.11 Å². The van der Waals surface area contributed by atoms with Gasteiger partial charge < -0.3 is 5.11 Å². The quantitative estimate of drug-likeness (QED) is 0.632. The molecule has 3 heteroatoms. The number of unbranched alkanes of at least 4 members (excludes halogenated alkanes) is 3. The summed E-state index contributed by atoms with van der Waals surface area (Å²) in [5, 5.41) is 8.42. The normalized spacial score (nSPS) is 15.6. The molecule has 0 saturated heterocycles. The van der Waals surface area contributed by atoms with E-state index in [-0.39, 0.29) is 6.42 Å². The van der Waals surface area contributed by atoms with Crippen LogP contribution in [0.5, 0.6) is 0 Å². The van der Waals surface area contributed by atoms with Crippen molar-refractivity contribution in [3.05, 3.63) is 0 Å². The maximum absolute atomic E-state index is 13.0. The van der Waals surface area contributed by atoms with Crippen LogP contribution >= 0.6 is 0 Å². The van der Waals surface area contributed by atoms with Gasteiger partial charge in [-0.15, -0.1) is 0 Å². The van der Waals surface area contributed by atoms with E-state index in [1.165, 1.54) is 0 Å². The lowest BCUT2D eigenvalue weighted by molar-refractivity contribution is -0.150. The summed E-state index contributed by atoms with van der Waals surface area (Å²) >= 11 is 0. The van der Waals surface area contributed by atoms with E-state index in [9.17, 15) is 9.18 Å². The Hall–Kier alpha value is -0.600. The highest BCUT2D eigenvalue weighted by Crippen LogP contribution is 2.19. The van der Waals surface area contributed by atoms with Crippen LogP contribution in [0.4, 0.5) is 4.39 Å². The SMILES string of the molecule is CCCCCCC(C)(F)C(=O)O. The number of alkyl halides is 1. The zero-order chi connectivity index (χ0) is 9.61. The van der Waals surface area contributed by atoms with E-state index < -0.39 is 11.6 Å². The number of hydrogen-bond acceptors (Lipinski definition) is 1. The highest BCUT2D eigenvalue weighted by Gasteiger charge is 2.31. The lowest BCUT2D eigenvalue weighted by Crippen LogP contribution is -2.29. The third-order valence-corrected chi connectivity index (χ3v) is 1.95. The first-order valence-electron chi connectivity index (χ1n) is 4.43. The van der Waals surface area contributed by atoms with Crippen LogP contribution in [0.15, 0.2) is 0 Å². The second-order valence-corrected chi connectivity index (χ2v) is 3.31. The van der Waals surface area contributed by atoms with Crippen molar-refractivity contribution in [3.8, 4) is 0 Å². The fourth-order valence-electron chi connectivity index (χ4n) is 0.991. The summed E-state index contributed by atoms with van der Waals surface area (Å²) in [4.78, 5) is 10.3. The zero-order valence-corrected chi connectivity index (χ0v) is 7.77. The van der Waals surface area contributed by atoms with Gasteiger partial charge >= 0.3 is 5.97 Å². The fraction of sp³-hybridized carbons (Fsp3) is 0.889. The lowest BCUT2D eigenvalue weighted by Gasteiger charge is -2.13. The van der Waals surface area contributed by atoms with E-state index in [1.807, 2.05) is 0 Å². The van der Waals surface area contributed by atoms with E-state index >= 15 is 0 Å². The molecule has 2 nitrogen and oxygen atoms in total. The Morgan fingerprint density at radius 2 is 2.00 bits per heavy atom. The standard InChI is InChI=1S/C9H17FO2/c1-3-4-5-6-7-9(2,10)8(11)12/h3-7H2,1-2H3,(H,11,12). The molecule has 0 aliphatic rings. The largest absolute Gasteiger partial charge is 0.479 e. The number of carboxylic acid groups (broad SMARTS) is 1. The number of carboxylic acids is 1. The zero-order valence-electron chi connectivity index (χ0n) is 7.77. The van der Waals surface area contributed by atoms with E-state index in [2.05, 4.69) is 6.92 Å². The molecule has 12 heavy (non-hydrogen) atoms. The summed E-state index contributed by atoms with van der Waals surface area (Å²) in [6, 6.07) is 0. The van der Waals surface area contributed by atoms with Gasteiger partial charge in [-0.2, -0.15) is 0 Å². The minimum absolute atomic E-state index is 0.127. The topological polar surface area (TPSA) is 37.3 Å². The molecular formula is C9H17FO2. The van der Waals surface area contributed by atoms with Crippen molar-refractivity contribution in [2.45, 2.75) is 51.6 Å². The van der Waals surface area contributed by atoms with Gasteiger partial charge in [0.05, 0.1) is 0 Å². The van der Waals surface area contributed by atoms with Crippen molar-refractivity contribution in [1.29, 1.82) is 0 Å². The summed E-state index contributed by atoms with van der Waals surface area (Å²) < 4.78 is 13.0. The third kappa shape index (κ3) is 4.31.